The second kappa shape index (κ2) is 6.58. The first kappa shape index (κ1) is 13.1. The molecular formula is C14H16N2O3. The summed E-state index contributed by atoms with van der Waals surface area (Å²) in [6.45, 7) is 0.468. The highest BCUT2D eigenvalue weighted by Crippen LogP contribution is 2.08. The molecule has 0 saturated carbocycles. The van der Waals surface area contributed by atoms with Gasteiger partial charge in [0.25, 0.3) is 0 Å². The third-order valence-corrected chi connectivity index (χ3v) is 2.68. The number of aryl methyl sites for hydroxylation is 1. The zero-order chi connectivity index (χ0) is 13.5. The van der Waals surface area contributed by atoms with E-state index in [1.165, 1.54) is 0 Å². The predicted molar refractivity (Wildman–Crippen MR) is 69.7 cm³/mol. The van der Waals surface area contributed by atoms with E-state index >= 15 is 0 Å². The minimum Gasteiger partial charge on any atom is -0.481 e. The van der Waals surface area contributed by atoms with Crippen LogP contribution in [0.15, 0.2) is 41.1 Å². The highest BCUT2D eigenvalue weighted by atomic mass is 16.5. The summed E-state index contributed by atoms with van der Waals surface area (Å²) >= 11 is 0. The summed E-state index contributed by atoms with van der Waals surface area (Å²) in [6, 6.07) is 7.32. The number of rotatable bonds is 6. The highest BCUT2D eigenvalue weighted by molar-refractivity contribution is 5.76. The van der Waals surface area contributed by atoms with Crippen LogP contribution in [0.2, 0.25) is 0 Å². The molecular weight excluding hydrogens is 244 g/mol. The van der Waals surface area contributed by atoms with E-state index < -0.39 is 0 Å². The average Bonchev–Trinajstić information content (AvgIpc) is 2.96. The number of furan rings is 1. The molecule has 0 unspecified atom stereocenters. The summed E-state index contributed by atoms with van der Waals surface area (Å²) in [5, 5.41) is 2.85. The van der Waals surface area contributed by atoms with Crippen molar-refractivity contribution in [2.75, 3.05) is 7.11 Å². The topological polar surface area (TPSA) is 64.4 Å². The van der Waals surface area contributed by atoms with Crippen molar-refractivity contribution in [1.82, 2.24) is 10.3 Å². The van der Waals surface area contributed by atoms with Crippen LogP contribution >= 0.6 is 0 Å². The largest absolute Gasteiger partial charge is 0.481 e. The fourth-order valence-corrected chi connectivity index (χ4v) is 1.65. The fourth-order valence-electron chi connectivity index (χ4n) is 1.65. The van der Waals surface area contributed by atoms with E-state index in [4.69, 9.17) is 9.15 Å². The molecule has 5 heteroatoms. The predicted octanol–water partition coefficient (Wildman–Crippen LogP) is 1.93. The third-order valence-electron chi connectivity index (χ3n) is 2.68. The van der Waals surface area contributed by atoms with Crippen LogP contribution in [0.5, 0.6) is 5.88 Å². The molecule has 2 aromatic rings. The van der Waals surface area contributed by atoms with Crippen LogP contribution in [0, 0.1) is 0 Å². The molecule has 0 bridgehead atoms. The minimum atomic E-state index is -0.00724. The summed E-state index contributed by atoms with van der Waals surface area (Å²) in [5.74, 6) is 1.36. The molecule has 2 aromatic heterocycles. The summed E-state index contributed by atoms with van der Waals surface area (Å²) in [5.41, 5.74) is 0.957. The number of pyridine rings is 1. The molecule has 2 heterocycles. The Balaban J connectivity index is 1.76. The fraction of sp³-hybridized carbons (Fsp3) is 0.286. The van der Waals surface area contributed by atoms with E-state index in [1.807, 2.05) is 18.2 Å². The first-order valence-electron chi connectivity index (χ1n) is 6.06. The summed E-state index contributed by atoms with van der Waals surface area (Å²) in [6.07, 6.45) is 4.29. The number of aromatic nitrogens is 1. The molecule has 100 valence electrons. The smallest absolute Gasteiger partial charge is 0.220 e. The van der Waals surface area contributed by atoms with E-state index in [1.54, 1.807) is 25.6 Å². The van der Waals surface area contributed by atoms with Crippen LogP contribution in [0.4, 0.5) is 0 Å². The minimum absolute atomic E-state index is 0.00724. The Morgan fingerprint density at radius 3 is 3.11 bits per heavy atom. The molecule has 0 spiro atoms. The third kappa shape index (κ3) is 4.13. The lowest BCUT2D eigenvalue weighted by Gasteiger charge is -2.06. The van der Waals surface area contributed by atoms with Crippen LogP contribution < -0.4 is 10.1 Å². The number of nitrogens with one attached hydrogen (secondary N) is 1. The molecule has 5 nitrogen and oxygen atoms in total. The van der Waals surface area contributed by atoms with E-state index in [9.17, 15) is 4.79 Å². The van der Waals surface area contributed by atoms with Gasteiger partial charge in [-0.1, -0.05) is 0 Å². The molecule has 0 saturated heterocycles. The lowest BCUT2D eigenvalue weighted by atomic mass is 10.2. The van der Waals surface area contributed by atoms with Crippen molar-refractivity contribution in [3.8, 4) is 5.88 Å². The first-order chi connectivity index (χ1) is 9.28. The summed E-state index contributed by atoms with van der Waals surface area (Å²) in [7, 11) is 1.56. The molecule has 2 rings (SSSR count). The molecule has 0 aromatic carbocycles. The van der Waals surface area contributed by atoms with E-state index in [0.29, 0.717) is 25.3 Å². The molecule has 0 aliphatic carbocycles. The van der Waals surface area contributed by atoms with Gasteiger partial charge in [0.05, 0.1) is 13.4 Å². The normalized spacial score (nSPS) is 10.2. The van der Waals surface area contributed by atoms with Gasteiger partial charge in [-0.15, -0.1) is 0 Å². The van der Waals surface area contributed by atoms with Crippen molar-refractivity contribution in [1.29, 1.82) is 0 Å². The van der Waals surface area contributed by atoms with Crippen molar-refractivity contribution >= 4 is 5.91 Å². The van der Waals surface area contributed by atoms with Gasteiger partial charge in [0.15, 0.2) is 0 Å². The van der Waals surface area contributed by atoms with Crippen molar-refractivity contribution in [3.05, 3.63) is 48.0 Å². The number of carbonyl (C=O) groups is 1. The SMILES string of the molecule is COc1cc(CNC(=O)CCc2ccco2)ccn1. The molecule has 19 heavy (non-hydrogen) atoms. The quantitative estimate of drug-likeness (QED) is 0.862. The Hall–Kier alpha value is -2.30. The number of hydrogen-bond acceptors (Lipinski definition) is 4. The lowest BCUT2D eigenvalue weighted by molar-refractivity contribution is -0.121. The van der Waals surface area contributed by atoms with Gasteiger partial charge in [-0.3, -0.25) is 4.79 Å². The Kier molecular flexibility index (Phi) is 4.55. The van der Waals surface area contributed by atoms with Crippen molar-refractivity contribution in [3.63, 3.8) is 0 Å². The number of carbonyl (C=O) groups excluding carboxylic acids is 1. The van der Waals surface area contributed by atoms with Gasteiger partial charge < -0.3 is 14.5 Å². The van der Waals surface area contributed by atoms with E-state index in [0.717, 1.165) is 11.3 Å². The lowest BCUT2D eigenvalue weighted by Crippen LogP contribution is -2.22. The standard InChI is InChI=1S/C14H16N2O3/c1-18-14-9-11(6-7-15-14)10-16-13(17)5-4-12-3-2-8-19-12/h2-3,6-9H,4-5,10H2,1H3,(H,16,17). The summed E-state index contributed by atoms with van der Waals surface area (Å²) in [4.78, 5) is 15.7. The van der Waals surface area contributed by atoms with Gasteiger partial charge in [0.1, 0.15) is 5.76 Å². The zero-order valence-corrected chi connectivity index (χ0v) is 10.8. The second-order valence-corrected chi connectivity index (χ2v) is 4.06. The van der Waals surface area contributed by atoms with Crippen LogP contribution in [0.25, 0.3) is 0 Å². The molecule has 0 aliphatic rings. The number of methoxy groups -OCH3 is 1. The maximum atomic E-state index is 11.7. The highest BCUT2D eigenvalue weighted by Gasteiger charge is 2.04. The Morgan fingerprint density at radius 1 is 1.47 bits per heavy atom. The summed E-state index contributed by atoms with van der Waals surface area (Å²) < 4.78 is 10.2. The maximum Gasteiger partial charge on any atom is 0.220 e. The van der Waals surface area contributed by atoms with Crippen molar-refractivity contribution in [2.45, 2.75) is 19.4 Å². The van der Waals surface area contributed by atoms with Crippen LogP contribution in [-0.2, 0) is 17.8 Å². The average molecular weight is 260 g/mol. The number of nitrogens with zero attached hydrogens (tertiary/aromatic N) is 1. The number of hydrogen-bond donors (Lipinski definition) is 1. The van der Waals surface area contributed by atoms with Gasteiger partial charge in [0.2, 0.25) is 11.8 Å². The zero-order valence-electron chi connectivity index (χ0n) is 10.8. The van der Waals surface area contributed by atoms with Crippen LogP contribution in [0.1, 0.15) is 17.7 Å². The second-order valence-electron chi connectivity index (χ2n) is 4.06. The van der Waals surface area contributed by atoms with Gasteiger partial charge in [-0.2, -0.15) is 0 Å². The Morgan fingerprint density at radius 2 is 2.37 bits per heavy atom. The molecule has 0 fully saturated rings. The molecule has 0 radical (unpaired) electrons. The van der Waals surface area contributed by atoms with Crippen LogP contribution in [0.3, 0.4) is 0 Å². The van der Waals surface area contributed by atoms with Gasteiger partial charge >= 0.3 is 0 Å². The van der Waals surface area contributed by atoms with Crippen LogP contribution in [-0.4, -0.2) is 18.0 Å². The molecule has 1 amide bonds. The van der Waals surface area contributed by atoms with Gasteiger partial charge in [-0.05, 0) is 23.8 Å². The molecule has 0 atom stereocenters. The van der Waals surface area contributed by atoms with E-state index in [-0.39, 0.29) is 5.91 Å². The Bertz CT molecular complexity index is 523. The maximum absolute atomic E-state index is 11.7. The van der Waals surface area contributed by atoms with Gasteiger partial charge in [0, 0.05) is 31.6 Å². The van der Waals surface area contributed by atoms with E-state index in [2.05, 4.69) is 10.3 Å². The Labute approximate surface area is 111 Å². The number of amides is 1. The number of ether oxygens (including phenoxy) is 1. The molecule has 1 N–H and O–H groups in total. The van der Waals surface area contributed by atoms with Crippen molar-refractivity contribution < 1.29 is 13.9 Å². The monoisotopic (exact) mass is 260 g/mol. The molecule has 0 aliphatic heterocycles. The van der Waals surface area contributed by atoms with Gasteiger partial charge in [-0.25, -0.2) is 4.98 Å². The first-order valence-corrected chi connectivity index (χ1v) is 6.06. The van der Waals surface area contributed by atoms with Crippen molar-refractivity contribution in [2.24, 2.45) is 0 Å².